The van der Waals surface area contributed by atoms with Crippen molar-refractivity contribution in [3.8, 4) is 17.2 Å². The van der Waals surface area contributed by atoms with Crippen LogP contribution < -0.4 is 19.1 Å². The summed E-state index contributed by atoms with van der Waals surface area (Å²) in [5, 5.41) is 13.2. The highest BCUT2D eigenvalue weighted by Gasteiger charge is 2.48. The van der Waals surface area contributed by atoms with Crippen molar-refractivity contribution in [1.29, 1.82) is 0 Å². The number of nitrogens with zero attached hydrogens (tertiary/aromatic N) is 2. The summed E-state index contributed by atoms with van der Waals surface area (Å²) in [6.45, 7) is 2.38. The quantitative estimate of drug-likeness (QED) is 0.317. The average molecular weight is 467 g/mol. The van der Waals surface area contributed by atoms with Crippen LogP contribution in [-0.2, 0) is 9.59 Å². The van der Waals surface area contributed by atoms with E-state index in [0.29, 0.717) is 40.1 Å². The number of anilines is 1. The Morgan fingerprint density at radius 3 is 2.42 bits per heavy atom. The van der Waals surface area contributed by atoms with Crippen LogP contribution in [-0.4, -0.2) is 42.6 Å². The molecule has 1 aliphatic heterocycles. The van der Waals surface area contributed by atoms with Crippen molar-refractivity contribution < 1.29 is 28.9 Å². The van der Waals surface area contributed by atoms with Crippen molar-refractivity contribution in [3.63, 3.8) is 0 Å². The molecule has 0 aliphatic carbocycles. The lowest BCUT2D eigenvalue weighted by Gasteiger charge is -2.23. The van der Waals surface area contributed by atoms with Gasteiger partial charge in [-0.05, 0) is 48.9 Å². The van der Waals surface area contributed by atoms with Gasteiger partial charge in [-0.1, -0.05) is 6.07 Å². The third-order valence-electron chi connectivity index (χ3n) is 5.23. The molecule has 1 aromatic heterocycles. The topological polar surface area (TPSA) is 98.2 Å². The van der Waals surface area contributed by atoms with Gasteiger partial charge in [0.05, 0.1) is 32.4 Å². The molecule has 8 nitrogen and oxygen atoms in total. The number of amides is 1. The van der Waals surface area contributed by atoms with E-state index in [1.54, 1.807) is 54.0 Å². The number of aromatic nitrogens is 1. The second-order valence-electron chi connectivity index (χ2n) is 7.06. The number of carbonyl (C=O) groups is 2. The Balaban J connectivity index is 1.89. The summed E-state index contributed by atoms with van der Waals surface area (Å²) in [5.74, 6) is -0.280. The predicted molar refractivity (Wildman–Crippen MR) is 124 cm³/mol. The number of ether oxygens (including phenoxy) is 3. The van der Waals surface area contributed by atoms with E-state index < -0.39 is 17.7 Å². The fourth-order valence-corrected chi connectivity index (χ4v) is 4.40. The molecular weight excluding hydrogens is 444 g/mol. The van der Waals surface area contributed by atoms with Gasteiger partial charge in [0.15, 0.2) is 16.6 Å². The number of ketones is 1. The number of Topliss-reactive ketones (excluding diaryl/α,β-unsaturated/α-hetero) is 1. The molecule has 170 valence electrons. The fourth-order valence-electron chi connectivity index (χ4n) is 3.73. The standard InChI is InChI=1S/C24H22N2O6S/c1-4-32-16-8-5-14(6-9-16)21(27)19-20(15-7-10-17(30-2)18(13-15)31-3)26(23(29)22(19)28)24-25-11-12-33-24/h5-13,20,27H,4H2,1-3H3/t20-/m0/s1. The molecule has 1 aliphatic rings. The van der Waals surface area contributed by atoms with Gasteiger partial charge in [-0.15, -0.1) is 11.3 Å². The molecule has 1 fully saturated rings. The van der Waals surface area contributed by atoms with E-state index in [1.165, 1.54) is 30.5 Å². The molecule has 9 heteroatoms. The van der Waals surface area contributed by atoms with Gasteiger partial charge in [0.1, 0.15) is 11.5 Å². The number of aliphatic hydroxyl groups excluding tert-OH is 1. The smallest absolute Gasteiger partial charge is 0.301 e. The van der Waals surface area contributed by atoms with E-state index in [0.717, 1.165) is 0 Å². The van der Waals surface area contributed by atoms with Crippen LogP contribution in [0.15, 0.2) is 59.6 Å². The number of carbonyl (C=O) groups excluding carboxylic acids is 2. The van der Waals surface area contributed by atoms with Gasteiger partial charge < -0.3 is 19.3 Å². The Labute approximate surface area is 194 Å². The minimum atomic E-state index is -0.900. The molecule has 3 aromatic rings. The van der Waals surface area contributed by atoms with E-state index in [9.17, 15) is 14.7 Å². The molecule has 4 rings (SSSR count). The molecular formula is C24H22N2O6S. The molecule has 0 unspecified atom stereocenters. The summed E-state index contributed by atoms with van der Waals surface area (Å²) < 4.78 is 16.2. The maximum Gasteiger partial charge on any atom is 0.301 e. The van der Waals surface area contributed by atoms with E-state index in [1.807, 2.05) is 6.92 Å². The summed E-state index contributed by atoms with van der Waals surface area (Å²) in [7, 11) is 3.02. The Bertz CT molecular complexity index is 1200. The van der Waals surface area contributed by atoms with E-state index in [4.69, 9.17) is 14.2 Å². The van der Waals surface area contributed by atoms with Crippen LogP contribution in [0, 0.1) is 0 Å². The van der Waals surface area contributed by atoms with Crippen molar-refractivity contribution in [2.24, 2.45) is 0 Å². The molecule has 1 amide bonds. The van der Waals surface area contributed by atoms with Gasteiger partial charge >= 0.3 is 5.91 Å². The molecule has 1 N–H and O–H groups in total. The number of aliphatic hydroxyl groups is 1. The van der Waals surface area contributed by atoms with Gasteiger partial charge in [0.2, 0.25) is 0 Å². The minimum absolute atomic E-state index is 0.0356. The molecule has 2 aromatic carbocycles. The number of rotatable bonds is 7. The first kappa shape index (κ1) is 22.3. The summed E-state index contributed by atoms with van der Waals surface area (Å²) in [4.78, 5) is 31.7. The Hall–Kier alpha value is -3.85. The number of methoxy groups -OCH3 is 2. The zero-order chi connectivity index (χ0) is 23.5. The molecule has 0 radical (unpaired) electrons. The van der Waals surface area contributed by atoms with Crippen LogP contribution in [0.25, 0.3) is 5.76 Å². The molecule has 0 bridgehead atoms. The largest absolute Gasteiger partial charge is 0.507 e. The van der Waals surface area contributed by atoms with Gasteiger partial charge in [0, 0.05) is 17.1 Å². The third kappa shape index (κ3) is 4.03. The first-order chi connectivity index (χ1) is 16.0. The maximum atomic E-state index is 13.1. The molecule has 0 saturated carbocycles. The maximum absolute atomic E-state index is 13.1. The predicted octanol–water partition coefficient (Wildman–Crippen LogP) is 4.19. The van der Waals surface area contributed by atoms with Crippen molar-refractivity contribution in [1.82, 2.24) is 4.98 Å². The zero-order valence-electron chi connectivity index (χ0n) is 18.3. The lowest BCUT2D eigenvalue weighted by Crippen LogP contribution is -2.29. The first-order valence-electron chi connectivity index (χ1n) is 10.2. The van der Waals surface area contributed by atoms with Crippen LogP contribution in [0.2, 0.25) is 0 Å². The minimum Gasteiger partial charge on any atom is -0.507 e. The Morgan fingerprint density at radius 1 is 1.09 bits per heavy atom. The van der Waals surface area contributed by atoms with Gasteiger partial charge in [-0.3, -0.25) is 14.5 Å². The van der Waals surface area contributed by atoms with Gasteiger partial charge in [-0.2, -0.15) is 0 Å². The number of hydrogen-bond donors (Lipinski definition) is 1. The van der Waals surface area contributed by atoms with Crippen molar-refractivity contribution in [2.75, 3.05) is 25.7 Å². The van der Waals surface area contributed by atoms with Crippen molar-refractivity contribution in [3.05, 3.63) is 70.7 Å². The highest BCUT2D eigenvalue weighted by Crippen LogP contribution is 2.44. The SMILES string of the molecule is CCOc1ccc(C(O)=C2C(=O)C(=O)N(c3nccs3)[C@H]2c2ccc(OC)c(OC)c2)cc1. The first-order valence-corrected chi connectivity index (χ1v) is 11.0. The molecule has 2 heterocycles. The van der Waals surface area contributed by atoms with Crippen LogP contribution in [0.4, 0.5) is 5.13 Å². The Kier molecular flexibility index (Phi) is 6.32. The highest BCUT2D eigenvalue weighted by molar-refractivity contribution is 7.14. The second-order valence-corrected chi connectivity index (χ2v) is 7.93. The van der Waals surface area contributed by atoms with Crippen LogP contribution >= 0.6 is 11.3 Å². The zero-order valence-corrected chi connectivity index (χ0v) is 19.1. The third-order valence-corrected chi connectivity index (χ3v) is 6.00. The highest BCUT2D eigenvalue weighted by atomic mass is 32.1. The van der Waals surface area contributed by atoms with Gasteiger partial charge in [-0.25, -0.2) is 4.98 Å². The molecule has 0 spiro atoms. The normalized spacial score (nSPS) is 17.3. The van der Waals surface area contributed by atoms with E-state index in [2.05, 4.69) is 4.98 Å². The van der Waals surface area contributed by atoms with E-state index in [-0.39, 0.29) is 11.3 Å². The molecule has 1 saturated heterocycles. The summed E-state index contributed by atoms with van der Waals surface area (Å²) >= 11 is 1.22. The van der Waals surface area contributed by atoms with Gasteiger partial charge in [0.25, 0.3) is 5.78 Å². The van der Waals surface area contributed by atoms with Crippen LogP contribution in [0.5, 0.6) is 17.2 Å². The van der Waals surface area contributed by atoms with Crippen LogP contribution in [0.3, 0.4) is 0 Å². The van der Waals surface area contributed by atoms with E-state index >= 15 is 0 Å². The molecule has 1 atom stereocenters. The lowest BCUT2D eigenvalue weighted by molar-refractivity contribution is -0.132. The van der Waals surface area contributed by atoms with Crippen molar-refractivity contribution >= 4 is 33.9 Å². The lowest BCUT2D eigenvalue weighted by atomic mass is 9.95. The van der Waals surface area contributed by atoms with Crippen LogP contribution in [0.1, 0.15) is 24.1 Å². The fraction of sp³-hybridized carbons (Fsp3) is 0.208. The summed E-state index contributed by atoms with van der Waals surface area (Å²) in [6, 6.07) is 10.9. The number of benzene rings is 2. The summed E-state index contributed by atoms with van der Waals surface area (Å²) in [5.41, 5.74) is 0.919. The molecule has 33 heavy (non-hydrogen) atoms. The Morgan fingerprint density at radius 2 is 1.82 bits per heavy atom. The van der Waals surface area contributed by atoms with Crippen molar-refractivity contribution in [2.45, 2.75) is 13.0 Å². The monoisotopic (exact) mass is 466 g/mol. The number of thiazole rings is 1. The average Bonchev–Trinajstić information content (AvgIpc) is 3.45. The summed E-state index contributed by atoms with van der Waals surface area (Å²) in [6.07, 6.45) is 1.55. The second kappa shape index (κ2) is 9.33. The number of hydrogen-bond acceptors (Lipinski definition) is 8.